The van der Waals surface area contributed by atoms with E-state index in [0.29, 0.717) is 38.5 Å². The number of aliphatic hydroxyl groups is 3. The summed E-state index contributed by atoms with van der Waals surface area (Å²) < 4.78 is 25.4. The van der Waals surface area contributed by atoms with Crippen molar-refractivity contribution >= 4 is 25.7 Å². The van der Waals surface area contributed by atoms with Crippen molar-refractivity contribution < 1.29 is 58.1 Å². The first kappa shape index (κ1) is 35.4. The molecule has 0 aromatic carbocycles. The molecule has 0 saturated carbocycles. The van der Waals surface area contributed by atoms with E-state index >= 15 is 0 Å². The monoisotopic (exact) mass is 558 g/mol. The van der Waals surface area contributed by atoms with Gasteiger partial charge in [-0.05, 0) is 45.4 Å². The van der Waals surface area contributed by atoms with Crippen LogP contribution >= 0.6 is 7.82 Å². The second-order valence-electron chi connectivity index (χ2n) is 8.66. The zero-order valence-corrected chi connectivity index (χ0v) is 22.4. The molecule has 0 bridgehead atoms. The molecule has 0 radical (unpaired) electrons. The highest BCUT2D eigenvalue weighted by atomic mass is 31.2. The Kier molecular flexibility index (Phi) is 19.4. The van der Waals surface area contributed by atoms with Gasteiger partial charge < -0.3 is 39.9 Å². The molecule has 2 unspecified atom stereocenters. The van der Waals surface area contributed by atoms with Crippen LogP contribution in [0, 0.1) is 0 Å². The molecule has 0 fully saturated rings. The first-order valence-corrected chi connectivity index (χ1v) is 13.9. The Labute approximate surface area is 217 Å². The van der Waals surface area contributed by atoms with Crippen molar-refractivity contribution in [3.05, 3.63) is 0 Å². The van der Waals surface area contributed by atoms with Crippen molar-refractivity contribution in [3.63, 3.8) is 0 Å². The van der Waals surface area contributed by atoms with Crippen LogP contribution in [0.25, 0.3) is 0 Å². The number of amides is 1. The van der Waals surface area contributed by atoms with E-state index in [9.17, 15) is 29.2 Å². The minimum absolute atomic E-state index is 0.00789. The molecule has 1 amide bonds. The number of carbonyl (C=O) groups excluding carboxylic acids is 3. The smallest absolute Gasteiger partial charge is 0.466 e. The van der Waals surface area contributed by atoms with Gasteiger partial charge in [-0.2, -0.15) is 0 Å². The molecule has 37 heavy (non-hydrogen) atoms. The van der Waals surface area contributed by atoms with Crippen molar-refractivity contribution in [2.45, 2.75) is 96.1 Å². The van der Waals surface area contributed by atoms with Gasteiger partial charge in [0.15, 0.2) is 0 Å². The van der Waals surface area contributed by atoms with E-state index in [2.05, 4.69) is 15.2 Å². The van der Waals surface area contributed by atoms with Crippen LogP contribution in [-0.2, 0) is 32.9 Å². The number of nitrogens with one attached hydrogen (secondary N) is 2. The number of carbonyl (C=O) groups is 3. The molecule has 0 saturated heterocycles. The maximum atomic E-state index is 12.5. The van der Waals surface area contributed by atoms with Crippen molar-refractivity contribution in [1.82, 2.24) is 10.6 Å². The molecule has 0 aromatic heterocycles. The van der Waals surface area contributed by atoms with Crippen molar-refractivity contribution in [2.75, 3.05) is 26.4 Å². The third-order valence-electron chi connectivity index (χ3n) is 5.06. The number of hydrogen-bond donors (Lipinski definition) is 7. The summed E-state index contributed by atoms with van der Waals surface area (Å²) in [7, 11) is -4.72. The van der Waals surface area contributed by atoms with E-state index in [-0.39, 0.29) is 45.0 Å². The van der Waals surface area contributed by atoms with E-state index in [4.69, 9.17) is 24.4 Å². The second-order valence-corrected chi connectivity index (χ2v) is 9.90. The van der Waals surface area contributed by atoms with Crippen LogP contribution in [0.3, 0.4) is 0 Å². The molecule has 15 heteroatoms. The summed E-state index contributed by atoms with van der Waals surface area (Å²) in [5, 5.41) is 33.5. The Hall–Kier alpha value is -1.64. The van der Waals surface area contributed by atoms with Gasteiger partial charge in [-0.25, -0.2) is 4.57 Å². The van der Waals surface area contributed by atoms with E-state index in [0.717, 1.165) is 0 Å². The molecule has 0 aliphatic carbocycles. The van der Waals surface area contributed by atoms with E-state index < -0.39 is 50.8 Å². The first-order valence-electron chi connectivity index (χ1n) is 12.4. The van der Waals surface area contributed by atoms with Crippen LogP contribution in [-0.4, -0.2) is 93.8 Å². The van der Waals surface area contributed by atoms with Crippen LogP contribution in [0.15, 0.2) is 0 Å². The average Bonchev–Trinajstić information content (AvgIpc) is 2.78. The summed E-state index contributed by atoms with van der Waals surface area (Å²) in [6.07, 6.45) is 0.919. The van der Waals surface area contributed by atoms with E-state index in [1.165, 1.54) is 6.92 Å². The standard InChI is InChI=1S/C22H43N2O12P/c1-16(36-17(2)26)14-20(28)24-19(10-13-35-37(31,32)33)22(30)23-11-6-3-7-12-34-21(29)9-5-4-8-18(27)15-25/h16,18-20,24-25,27-28H,3-15H2,1-2H3,(H,23,30)(H2,31,32,33)/t16-,18?,19+,20?/m1/s1. The van der Waals surface area contributed by atoms with Gasteiger partial charge in [0.2, 0.25) is 5.91 Å². The number of hydrogen-bond acceptors (Lipinski definition) is 11. The summed E-state index contributed by atoms with van der Waals surface area (Å²) in [6, 6.07) is -1.02. The lowest BCUT2D eigenvalue weighted by Crippen LogP contribution is -2.49. The highest BCUT2D eigenvalue weighted by Gasteiger charge is 2.24. The largest absolute Gasteiger partial charge is 0.469 e. The Morgan fingerprint density at radius 1 is 0.973 bits per heavy atom. The highest BCUT2D eigenvalue weighted by molar-refractivity contribution is 7.46. The molecule has 7 N–H and O–H groups in total. The Bertz CT molecular complexity index is 705. The molecular formula is C22H43N2O12P. The van der Waals surface area contributed by atoms with Gasteiger partial charge in [-0.3, -0.25) is 24.2 Å². The van der Waals surface area contributed by atoms with Gasteiger partial charge in [-0.15, -0.1) is 0 Å². The molecule has 0 spiro atoms. The Balaban J connectivity index is 4.29. The number of rotatable bonds is 22. The van der Waals surface area contributed by atoms with Crippen LogP contribution in [0.2, 0.25) is 0 Å². The van der Waals surface area contributed by atoms with Gasteiger partial charge in [0.1, 0.15) is 12.3 Å². The average molecular weight is 559 g/mol. The van der Waals surface area contributed by atoms with Gasteiger partial charge in [0.05, 0.1) is 32.0 Å². The topological polar surface area (TPSA) is 221 Å². The fraction of sp³-hybridized carbons (Fsp3) is 0.864. The second kappa shape index (κ2) is 20.3. The van der Waals surface area contributed by atoms with Gasteiger partial charge >= 0.3 is 19.8 Å². The molecule has 218 valence electrons. The molecule has 0 aliphatic heterocycles. The zero-order chi connectivity index (χ0) is 28.3. The lowest BCUT2D eigenvalue weighted by molar-refractivity contribution is -0.147. The third kappa shape index (κ3) is 22.1. The number of phosphoric ester groups is 1. The summed E-state index contributed by atoms with van der Waals surface area (Å²) in [6.45, 7) is 2.59. The molecule has 4 atom stereocenters. The number of aliphatic hydroxyl groups excluding tert-OH is 3. The number of unbranched alkanes of at least 4 members (excludes halogenated alkanes) is 3. The lowest BCUT2D eigenvalue weighted by atomic mass is 10.1. The summed E-state index contributed by atoms with van der Waals surface area (Å²) in [5.41, 5.74) is 0. The Morgan fingerprint density at radius 3 is 2.30 bits per heavy atom. The molecule has 0 aliphatic rings. The van der Waals surface area contributed by atoms with Crippen molar-refractivity contribution in [1.29, 1.82) is 0 Å². The maximum absolute atomic E-state index is 12.5. The highest BCUT2D eigenvalue weighted by Crippen LogP contribution is 2.35. The lowest BCUT2D eigenvalue weighted by Gasteiger charge is -2.24. The van der Waals surface area contributed by atoms with Crippen molar-refractivity contribution in [2.24, 2.45) is 0 Å². The summed E-state index contributed by atoms with van der Waals surface area (Å²) in [5.74, 6) is -1.36. The number of esters is 2. The van der Waals surface area contributed by atoms with E-state index in [1.807, 2.05) is 0 Å². The minimum Gasteiger partial charge on any atom is -0.466 e. The van der Waals surface area contributed by atoms with Crippen molar-refractivity contribution in [3.8, 4) is 0 Å². The predicted molar refractivity (Wildman–Crippen MR) is 131 cm³/mol. The molecule has 0 heterocycles. The SMILES string of the molecule is CC(=O)O[C@H](C)CC(O)N[C@@H](CCOP(=O)(O)O)C(=O)NCCCCCOC(=O)CCCCC(O)CO. The summed E-state index contributed by atoms with van der Waals surface area (Å²) >= 11 is 0. The van der Waals surface area contributed by atoms with Gasteiger partial charge in [0, 0.05) is 26.3 Å². The van der Waals surface area contributed by atoms with E-state index in [1.54, 1.807) is 6.92 Å². The number of ether oxygens (including phenoxy) is 2. The number of phosphoric acid groups is 1. The van der Waals surface area contributed by atoms with Crippen LogP contribution in [0.1, 0.15) is 71.6 Å². The predicted octanol–water partition coefficient (Wildman–Crippen LogP) is -0.153. The minimum atomic E-state index is -4.72. The first-order chi connectivity index (χ1) is 17.3. The van der Waals surface area contributed by atoms with Crippen LogP contribution in [0.4, 0.5) is 0 Å². The van der Waals surface area contributed by atoms with Crippen LogP contribution in [0.5, 0.6) is 0 Å². The molecular weight excluding hydrogens is 515 g/mol. The molecule has 14 nitrogen and oxygen atoms in total. The fourth-order valence-corrected chi connectivity index (χ4v) is 3.61. The maximum Gasteiger partial charge on any atom is 0.469 e. The third-order valence-corrected chi connectivity index (χ3v) is 5.58. The Morgan fingerprint density at radius 2 is 1.68 bits per heavy atom. The molecule has 0 rings (SSSR count). The fourth-order valence-electron chi connectivity index (χ4n) is 3.26. The quantitative estimate of drug-likeness (QED) is 0.0398. The van der Waals surface area contributed by atoms with Gasteiger partial charge in [-0.1, -0.05) is 6.42 Å². The van der Waals surface area contributed by atoms with Gasteiger partial charge in [0.25, 0.3) is 0 Å². The normalized spacial score (nSPS) is 14.9. The summed E-state index contributed by atoms with van der Waals surface area (Å²) in [4.78, 5) is 52.9. The molecule has 0 aromatic rings. The van der Waals surface area contributed by atoms with Crippen LogP contribution < -0.4 is 10.6 Å². The zero-order valence-electron chi connectivity index (χ0n) is 21.5.